The Morgan fingerprint density at radius 1 is 1.31 bits per heavy atom. The Bertz CT molecular complexity index is 403. The van der Waals surface area contributed by atoms with E-state index in [0.29, 0.717) is 0 Å². The fraction of sp³-hybridized carbons (Fsp3) is 0.100. The number of hydrogen-bond acceptors (Lipinski definition) is 0. The second-order valence-electron chi connectivity index (χ2n) is 2.86. The molecule has 0 N–H and O–H groups in total. The zero-order valence-electron chi connectivity index (χ0n) is 7.24. The highest BCUT2D eigenvalue weighted by Gasteiger charge is 1.96. The van der Waals surface area contributed by atoms with Crippen LogP contribution in [0.15, 0.2) is 36.7 Å². The second-order valence-corrected chi connectivity index (χ2v) is 2.86. The molecule has 0 spiro atoms. The molecule has 1 heterocycles. The van der Waals surface area contributed by atoms with Crippen LogP contribution in [-0.4, -0.2) is 4.57 Å². The Kier molecular flexibility index (Phi) is 1.85. The van der Waals surface area contributed by atoms with Crippen LogP contribution in [0.2, 0.25) is 0 Å². The number of hydrogen-bond donors (Lipinski definition) is 0. The van der Waals surface area contributed by atoms with Crippen LogP contribution < -0.4 is 4.57 Å². The standard InChI is InChI=1S/C10H9FN2/c1-12-6-7-13(8-12)10-4-2-9(11)3-5-10/h2-7H,1H3. The first-order chi connectivity index (χ1) is 6.25. The Morgan fingerprint density at radius 2 is 2.00 bits per heavy atom. The minimum atomic E-state index is -0.222. The minimum Gasteiger partial charge on any atom is -0.326 e. The molecule has 0 saturated carbocycles. The van der Waals surface area contributed by atoms with Gasteiger partial charge in [-0.15, -0.1) is 0 Å². The van der Waals surface area contributed by atoms with E-state index in [4.69, 9.17) is 0 Å². The highest BCUT2D eigenvalue weighted by atomic mass is 19.1. The van der Waals surface area contributed by atoms with Gasteiger partial charge < -0.3 is 9.13 Å². The first-order valence-electron chi connectivity index (χ1n) is 3.98. The molecular weight excluding hydrogens is 167 g/mol. The van der Waals surface area contributed by atoms with Crippen LogP contribution in [0, 0.1) is 12.1 Å². The van der Waals surface area contributed by atoms with Gasteiger partial charge in [0.1, 0.15) is 5.82 Å². The normalized spacial score (nSPS) is 10.3. The number of nitrogens with zero attached hydrogens (tertiary/aromatic N) is 2. The van der Waals surface area contributed by atoms with Crippen molar-refractivity contribution in [3.8, 4) is 5.69 Å². The third kappa shape index (κ3) is 1.59. The van der Waals surface area contributed by atoms with Gasteiger partial charge >= 0.3 is 0 Å². The summed E-state index contributed by atoms with van der Waals surface area (Å²) in [7, 11) is 1.89. The summed E-state index contributed by atoms with van der Waals surface area (Å²) in [6.07, 6.45) is 6.77. The number of aryl methyl sites for hydroxylation is 1. The number of halogens is 1. The Labute approximate surface area is 75.9 Å². The van der Waals surface area contributed by atoms with Crippen LogP contribution in [-0.2, 0) is 7.05 Å². The van der Waals surface area contributed by atoms with Crippen molar-refractivity contribution in [1.29, 1.82) is 0 Å². The molecule has 2 aromatic rings. The number of aromatic nitrogens is 2. The molecule has 0 bridgehead atoms. The summed E-state index contributed by atoms with van der Waals surface area (Å²) in [5, 5.41) is 0. The van der Waals surface area contributed by atoms with Gasteiger partial charge in [0, 0.05) is 12.4 Å². The summed E-state index contributed by atoms with van der Waals surface area (Å²) in [5.74, 6) is -0.222. The summed E-state index contributed by atoms with van der Waals surface area (Å²) in [4.78, 5) is 0. The summed E-state index contributed by atoms with van der Waals surface area (Å²) >= 11 is 0. The van der Waals surface area contributed by atoms with E-state index in [0.717, 1.165) is 5.69 Å². The molecule has 0 radical (unpaired) electrons. The zero-order valence-corrected chi connectivity index (χ0v) is 7.24. The predicted molar refractivity (Wildman–Crippen MR) is 45.7 cm³/mol. The number of imidazole rings is 1. The van der Waals surface area contributed by atoms with Gasteiger partial charge in [-0.2, -0.15) is 0 Å². The fourth-order valence-corrected chi connectivity index (χ4v) is 1.15. The zero-order chi connectivity index (χ0) is 9.26. The third-order valence-electron chi connectivity index (χ3n) is 1.81. The molecule has 1 aromatic carbocycles. The molecule has 0 fully saturated rings. The molecule has 66 valence electrons. The fourth-order valence-electron chi connectivity index (χ4n) is 1.15. The smallest absolute Gasteiger partial charge is 0.243 e. The van der Waals surface area contributed by atoms with Crippen molar-refractivity contribution in [2.75, 3.05) is 0 Å². The maximum absolute atomic E-state index is 12.6. The monoisotopic (exact) mass is 176 g/mol. The summed E-state index contributed by atoms with van der Waals surface area (Å²) in [6, 6.07) is 6.30. The third-order valence-corrected chi connectivity index (χ3v) is 1.81. The average Bonchev–Trinajstić information content (AvgIpc) is 2.53. The summed E-state index contributed by atoms with van der Waals surface area (Å²) < 4.78 is 16.2. The van der Waals surface area contributed by atoms with Gasteiger partial charge in [-0.25, -0.2) is 4.39 Å². The van der Waals surface area contributed by atoms with Gasteiger partial charge in [-0.3, -0.25) is 0 Å². The molecule has 2 nitrogen and oxygen atoms in total. The lowest BCUT2D eigenvalue weighted by atomic mass is 10.3. The largest absolute Gasteiger partial charge is 0.326 e. The van der Waals surface area contributed by atoms with Crippen molar-refractivity contribution in [2.45, 2.75) is 0 Å². The van der Waals surface area contributed by atoms with E-state index in [-0.39, 0.29) is 5.82 Å². The predicted octanol–water partition coefficient (Wildman–Crippen LogP) is 1.24. The highest BCUT2D eigenvalue weighted by Crippen LogP contribution is 2.01. The Morgan fingerprint density at radius 3 is 2.54 bits per heavy atom. The van der Waals surface area contributed by atoms with E-state index in [9.17, 15) is 4.39 Å². The average molecular weight is 176 g/mol. The van der Waals surface area contributed by atoms with E-state index in [2.05, 4.69) is 6.33 Å². The molecular formula is C10H9FN2. The van der Waals surface area contributed by atoms with Crippen LogP contribution in [0.3, 0.4) is 0 Å². The van der Waals surface area contributed by atoms with E-state index >= 15 is 0 Å². The van der Waals surface area contributed by atoms with Crippen molar-refractivity contribution in [3.05, 3.63) is 48.8 Å². The van der Waals surface area contributed by atoms with Gasteiger partial charge in [0.15, 0.2) is 0 Å². The molecule has 0 saturated heterocycles. The van der Waals surface area contributed by atoms with Crippen LogP contribution in [0.25, 0.3) is 5.69 Å². The summed E-state index contributed by atoms with van der Waals surface area (Å²) in [5.41, 5.74) is 0.905. The van der Waals surface area contributed by atoms with Crippen LogP contribution >= 0.6 is 0 Å². The topological polar surface area (TPSA) is 8.81 Å². The lowest BCUT2D eigenvalue weighted by molar-refractivity contribution is -0.599. The van der Waals surface area contributed by atoms with E-state index < -0.39 is 0 Å². The van der Waals surface area contributed by atoms with E-state index in [1.165, 1.54) is 12.1 Å². The lowest BCUT2D eigenvalue weighted by Gasteiger charge is -2.00. The molecule has 0 aliphatic carbocycles. The molecule has 1 aromatic heterocycles. The molecule has 0 aliphatic heterocycles. The molecule has 0 aliphatic rings. The molecule has 0 atom stereocenters. The maximum Gasteiger partial charge on any atom is 0.243 e. The van der Waals surface area contributed by atoms with Crippen molar-refractivity contribution in [3.63, 3.8) is 0 Å². The molecule has 0 unspecified atom stereocenters. The SMILES string of the molecule is Cn1[c-][n+](-c2ccc(F)cc2)cc1. The van der Waals surface area contributed by atoms with E-state index in [1.807, 2.05) is 24.0 Å². The van der Waals surface area contributed by atoms with Gasteiger partial charge in [-0.1, -0.05) is 12.1 Å². The maximum atomic E-state index is 12.6. The highest BCUT2D eigenvalue weighted by molar-refractivity contribution is 5.22. The number of benzene rings is 1. The van der Waals surface area contributed by atoms with Crippen molar-refractivity contribution in [1.82, 2.24) is 4.57 Å². The van der Waals surface area contributed by atoms with Gasteiger partial charge in [-0.05, 0) is 12.1 Å². The van der Waals surface area contributed by atoms with Crippen molar-refractivity contribution < 1.29 is 8.96 Å². The van der Waals surface area contributed by atoms with Crippen molar-refractivity contribution >= 4 is 0 Å². The first kappa shape index (κ1) is 7.98. The first-order valence-corrected chi connectivity index (χ1v) is 3.98. The van der Waals surface area contributed by atoms with E-state index in [1.54, 1.807) is 16.7 Å². The Hall–Kier alpha value is -1.64. The molecule has 13 heavy (non-hydrogen) atoms. The summed E-state index contributed by atoms with van der Waals surface area (Å²) in [6.45, 7) is 0. The van der Waals surface area contributed by atoms with Gasteiger partial charge in [0.05, 0.1) is 12.7 Å². The van der Waals surface area contributed by atoms with Crippen LogP contribution in [0.4, 0.5) is 4.39 Å². The van der Waals surface area contributed by atoms with Crippen molar-refractivity contribution in [2.24, 2.45) is 7.05 Å². The second kappa shape index (κ2) is 3.01. The van der Waals surface area contributed by atoms with Gasteiger partial charge in [0.2, 0.25) is 6.33 Å². The molecule has 2 rings (SSSR count). The molecule has 0 amide bonds. The van der Waals surface area contributed by atoms with Crippen LogP contribution in [0.1, 0.15) is 0 Å². The molecule has 3 heteroatoms. The lowest BCUT2D eigenvalue weighted by Crippen LogP contribution is -2.27. The quantitative estimate of drug-likeness (QED) is 0.456. The number of rotatable bonds is 1. The van der Waals surface area contributed by atoms with Gasteiger partial charge in [0.25, 0.3) is 0 Å². The van der Waals surface area contributed by atoms with Crippen LogP contribution in [0.5, 0.6) is 0 Å². The minimum absolute atomic E-state index is 0.222. The Balaban J connectivity index is 2.41.